The third-order valence-corrected chi connectivity index (χ3v) is 4.05. The Kier molecular flexibility index (Phi) is 5.55. The number of carbonyl (C=O) groups is 2. The van der Waals surface area contributed by atoms with Gasteiger partial charge in [0.15, 0.2) is 0 Å². The van der Waals surface area contributed by atoms with Gasteiger partial charge in [-0.25, -0.2) is 0 Å². The van der Waals surface area contributed by atoms with Crippen molar-refractivity contribution in [2.75, 3.05) is 30.0 Å². The third kappa shape index (κ3) is 3.62. The quantitative estimate of drug-likeness (QED) is 0.620. The molecule has 0 saturated heterocycles. The molecule has 0 fully saturated rings. The molecule has 0 radical (unpaired) electrons. The zero-order chi connectivity index (χ0) is 17.0. The average molecular weight is 316 g/mol. The molecule has 1 aliphatic heterocycles. The van der Waals surface area contributed by atoms with Gasteiger partial charge in [-0.05, 0) is 25.5 Å². The number of anilines is 2. The van der Waals surface area contributed by atoms with Gasteiger partial charge >= 0.3 is 0 Å². The summed E-state index contributed by atoms with van der Waals surface area (Å²) >= 11 is 0. The number of carbonyl (C=O) groups excluding carboxylic acids is 2. The number of fused-ring (bicyclic) bond motifs is 1. The van der Waals surface area contributed by atoms with Crippen LogP contribution in [0.15, 0.2) is 36.9 Å². The van der Waals surface area contributed by atoms with Gasteiger partial charge in [-0.3, -0.25) is 9.59 Å². The smallest absolute Gasteiger partial charge is 0.255 e. The molecule has 5 heteroatoms. The summed E-state index contributed by atoms with van der Waals surface area (Å²) < 4.78 is 5.58. The third-order valence-electron chi connectivity index (χ3n) is 4.05. The molecule has 0 saturated carbocycles. The predicted molar refractivity (Wildman–Crippen MR) is 91.6 cm³/mol. The molecule has 0 N–H and O–H groups in total. The van der Waals surface area contributed by atoms with Gasteiger partial charge in [-0.15, -0.1) is 6.58 Å². The molecule has 0 bridgehead atoms. The largest absolute Gasteiger partial charge is 0.368 e. The fourth-order valence-electron chi connectivity index (χ4n) is 2.70. The van der Waals surface area contributed by atoms with Crippen LogP contribution in [0.2, 0.25) is 0 Å². The minimum absolute atomic E-state index is 0.00739. The first kappa shape index (κ1) is 17.2. The maximum Gasteiger partial charge on any atom is 0.255 e. The fourth-order valence-corrected chi connectivity index (χ4v) is 2.70. The molecule has 0 unspecified atom stereocenters. The summed E-state index contributed by atoms with van der Waals surface area (Å²) in [6.45, 7) is 8.04. The van der Waals surface area contributed by atoms with Crippen LogP contribution in [0.25, 0.3) is 0 Å². The van der Waals surface area contributed by atoms with E-state index in [1.165, 1.54) is 0 Å². The maximum absolute atomic E-state index is 12.8. The molecule has 0 aliphatic carbocycles. The molecular formula is C18H24N2O3. The van der Waals surface area contributed by atoms with Crippen molar-refractivity contribution in [1.29, 1.82) is 0 Å². The van der Waals surface area contributed by atoms with E-state index in [-0.39, 0.29) is 17.7 Å². The van der Waals surface area contributed by atoms with Gasteiger partial charge in [-0.2, -0.15) is 0 Å². The van der Waals surface area contributed by atoms with Crippen LogP contribution < -0.4 is 9.80 Å². The molecule has 1 aromatic carbocycles. The molecule has 1 heterocycles. The number of amides is 2. The lowest BCUT2D eigenvalue weighted by Crippen LogP contribution is -2.42. The summed E-state index contributed by atoms with van der Waals surface area (Å²) in [6, 6.07) is 7.46. The molecule has 2 rings (SSSR count). The van der Waals surface area contributed by atoms with E-state index in [0.717, 1.165) is 11.4 Å². The summed E-state index contributed by atoms with van der Waals surface area (Å²) in [5.41, 5.74) is 1.49. The van der Waals surface area contributed by atoms with Gasteiger partial charge in [0.1, 0.15) is 6.10 Å². The van der Waals surface area contributed by atoms with Crippen molar-refractivity contribution in [2.45, 2.75) is 26.4 Å². The highest BCUT2D eigenvalue weighted by atomic mass is 16.5. The molecule has 1 aliphatic rings. The topological polar surface area (TPSA) is 49.9 Å². The molecule has 23 heavy (non-hydrogen) atoms. The lowest BCUT2D eigenvalue weighted by atomic mass is 10.1. The summed E-state index contributed by atoms with van der Waals surface area (Å²) in [7, 11) is 1.75. The van der Waals surface area contributed by atoms with Crippen LogP contribution in [0.5, 0.6) is 0 Å². The van der Waals surface area contributed by atoms with E-state index < -0.39 is 6.10 Å². The van der Waals surface area contributed by atoms with Crippen molar-refractivity contribution in [2.24, 2.45) is 5.92 Å². The van der Waals surface area contributed by atoms with Gasteiger partial charge in [0.2, 0.25) is 5.91 Å². The Morgan fingerprint density at radius 3 is 2.74 bits per heavy atom. The standard InChI is InChI=1S/C18H24N2O3/c1-5-6-11-23-14(3)18(22)20-12-13(2)17(21)19(4)15-9-7-8-10-16(15)20/h5,7-10,13-14H,1,6,11-12H2,2-4H3/t13-,14-/m0/s1. The van der Waals surface area contributed by atoms with Crippen LogP contribution in [0.3, 0.4) is 0 Å². The normalized spacial score (nSPS) is 19.1. The summed E-state index contributed by atoms with van der Waals surface area (Å²) in [4.78, 5) is 28.5. The van der Waals surface area contributed by atoms with E-state index in [4.69, 9.17) is 4.74 Å². The molecule has 124 valence electrons. The Labute approximate surface area is 137 Å². The molecule has 0 spiro atoms. The number of hydrogen-bond donors (Lipinski definition) is 0. The van der Waals surface area contributed by atoms with Gasteiger partial charge in [-0.1, -0.05) is 25.1 Å². The van der Waals surface area contributed by atoms with E-state index >= 15 is 0 Å². The molecule has 1 aromatic rings. The highest BCUT2D eigenvalue weighted by Gasteiger charge is 2.33. The van der Waals surface area contributed by atoms with Crippen LogP contribution in [0.1, 0.15) is 20.3 Å². The van der Waals surface area contributed by atoms with Crippen molar-refractivity contribution in [3.05, 3.63) is 36.9 Å². The van der Waals surface area contributed by atoms with Crippen LogP contribution in [-0.4, -0.2) is 38.1 Å². The number of ether oxygens (including phenoxy) is 1. The average Bonchev–Trinajstić information content (AvgIpc) is 2.65. The Balaban J connectivity index is 2.29. The Hall–Kier alpha value is -2.14. The second-order valence-corrected chi connectivity index (χ2v) is 5.83. The van der Waals surface area contributed by atoms with Crippen molar-refractivity contribution >= 4 is 23.2 Å². The van der Waals surface area contributed by atoms with E-state index in [1.54, 1.807) is 29.8 Å². The minimum Gasteiger partial charge on any atom is -0.368 e. The Bertz CT molecular complexity index is 600. The SMILES string of the molecule is C=CCCO[C@@H](C)C(=O)N1C[C@H](C)C(=O)N(C)c2ccccc21. The van der Waals surface area contributed by atoms with Crippen molar-refractivity contribution in [3.8, 4) is 0 Å². The summed E-state index contributed by atoms with van der Waals surface area (Å²) in [5.74, 6) is -0.388. The van der Waals surface area contributed by atoms with Gasteiger partial charge in [0.05, 0.1) is 23.9 Å². The molecular weight excluding hydrogens is 292 g/mol. The van der Waals surface area contributed by atoms with Gasteiger partial charge in [0, 0.05) is 13.6 Å². The van der Waals surface area contributed by atoms with Crippen LogP contribution in [-0.2, 0) is 14.3 Å². The van der Waals surface area contributed by atoms with Crippen molar-refractivity contribution in [1.82, 2.24) is 0 Å². The minimum atomic E-state index is -0.561. The fraction of sp³-hybridized carbons (Fsp3) is 0.444. The molecule has 0 aromatic heterocycles. The number of hydrogen-bond acceptors (Lipinski definition) is 3. The van der Waals surface area contributed by atoms with Crippen LogP contribution >= 0.6 is 0 Å². The molecule has 5 nitrogen and oxygen atoms in total. The monoisotopic (exact) mass is 316 g/mol. The second kappa shape index (κ2) is 7.42. The maximum atomic E-state index is 12.8. The van der Waals surface area contributed by atoms with Crippen LogP contribution in [0, 0.1) is 5.92 Å². The van der Waals surface area contributed by atoms with Crippen molar-refractivity contribution < 1.29 is 14.3 Å². The zero-order valence-corrected chi connectivity index (χ0v) is 14.0. The lowest BCUT2D eigenvalue weighted by molar-refractivity contribution is -0.129. The van der Waals surface area contributed by atoms with Gasteiger partial charge < -0.3 is 14.5 Å². The first-order valence-electron chi connectivity index (χ1n) is 7.87. The van der Waals surface area contributed by atoms with E-state index in [2.05, 4.69) is 6.58 Å². The van der Waals surface area contributed by atoms with Crippen LogP contribution in [0.4, 0.5) is 11.4 Å². The highest BCUT2D eigenvalue weighted by Crippen LogP contribution is 2.33. The number of rotatable bonds is 5. The number of para-hydroxylation sites is 2. The Morgan fingerprint density at radius 2 is 2.09 bits per heavy atom. The van der Waals surface area contributed by atoms with Gasteiger partial charge in [0.25, 0.3) is 5.91 Å². The Morgan fingerprint density at radius 1 is 1.43 bits per heavy atom. The first-order chi connectivity index (χ1) is 11.0. The highest BCUT2D eigenvalue weighted by molar-refractivity contribution is 6.06. The number of benzene rings is 1. The number of nitrogens with zero attached hydrogens (tertiary/aromatic N) is 2. The van der Waals surface area contributed by atoms with E-state index in [1.807, 2.05) is 31.2 Å². The molecule has 2 amide bonds. The van der Waals surface area contributed by atoms with E-state index in [9.17, 15) is 9.59 Å². The second-order valence-electron chi connectivity index (χ2n) is 5.83. The van der Waals surface area contributed by atoms with E-state index in [0.29, 0.717) is 19.6 Å². The predicted octanol–water partition coefficient (Wildman–Crippen LogP) is 2.61. The summed E-state index contributed by atoms with van der Waals surface area (Å²) in [5, 5.41) is 0. The zero-order valence-electron chi connectivity index (χ0n) is 14.0. The first-order valence-corrected chi connectivity index (χ1v) is 7.87. The summed E-state index contributed by atoms with van der Waals surface area (Å²) in [6.07, 6.45) is 1.90. The van der Waals surface area contributed by atoms with Crippen molar-refractivity contribution in [3.63, 3.8) is 0 Å². The lowest BCUT2D eigenvalue weighted by Gasteiger charge is -2.26. The molecule has 2 atom stereocenters.